The fourth-order valence-corrected chi connectivity index (χ4v) is 2.16. The van der Waals surface area contributed by atoms with Gasteiger partial charge in [-0.1, -0.05) is 29.8 Å². The van der Waals surface area contributed by atoms with Crippen molar-refractivity contribution in [1.82, 2.24) is 15.0 Å². The normalized spacial score (nSPS) is 10.5. The second kappa shape index (κ2) is 5.20. The lowest BCUT2D eigenvalue weighted by molar-refractivity contribution is 0.454. The molecular weight excluding hydrogens is 266 g/mol. The summed E-state index contributed by atoms with van der Waals surface area (Å²) in [5.74, 6) is 0.00482. The fourth-order valence-electron chi connectivity index (χ4n) is 2.16. The molecule has 0 aliphatic carbocycles. The number of aryl methyl sites for hydroxylation is 1. The van der Waals surface area contributed by atoms with Crippen LogP contribution in [0.25, 0.3) is 22.5 Å². The number of rotatable bonds is 2. The lowest BCUT2D eigenvalue weighted by Gasteiger charge is -2.06. The van der Waals surface area contributed by atoms with E-state index in [0.717, 1.165) is 5.56 Å². The van der Waals surface area contributed by atoms with Gasteiger partial charge >= 0.3 is 0 Å². The van der Waals surface area contributed by atoms with Crippen molar-refractivity contribution < 1.29 is 5.11 Å². The van der Waals surface area contributed by atoms with Crippen LogP contribution in [0.1, 0.15) is 5.56 Å². The minimum absolute atomic E-state index is 0.173. The summed E-state index contributed by atoms with van der Waals surface area (Å²) in [6.07, 6.45) is 3.20. The second-order valence-electron chi connectivity index (χ2n) is 4.72. The van der Waals surface area contributed by atoms with Crippen LogP contribution in [-0.2, 0) is 0 Å². The van der Waals surface area contributed by atoms with E-state index >= 15 is 0 Å². The van der Waals surface area contributed by atoms with E-state index in [0.29, 0.717) is 17.0 Å². The van der Waals surface area contributed by atoms with Gasteiger partial charge in [0.25, 0.3) is 5.56 Å². The molecule has 2 heterocycles. The monoisotopic (exact) mass is 279 g/mol. The van der Waals surface area contributed by atoms with Crippen LogP contribution in [-0.4, -0.2) is 20.1 Å². The number of aromatic nitrogens is 3. The lowest BCUT2D eigenvalue weighted by Crippen LogP contribution is -2.12. The third-order valence-electron chi connectivity index (χ3n) is 3.14. The molecule has 0 saturated heterocycles. The number of benzene rings is 1. The molecule has 2 N–H and O–H groups in total. The van der Waals surface area contributed by atoms with E-state index in [1.165, 1.54) is 0 Å². The quantitative estimate of drug-likeness (QED) is 0.755. The highest BCUT2D eigenvalue weighted by molar-refractivity contribution is 5.69. The number of pyridine rings is 1. The largest absolute Gasteiger partial charge is 0.493 e. The summed E-state index contributed by atoms with van der Waals surface area (Å²) >= 11 is 0. The Hall–Kier alpha value is -2.95. The van der Waals surface area contributed by atoms with E-state index < -0.39 is 0 Å². The van der Waals surface area contributed by atoms with Crippen LogP contribution in [0, 0.1) is 6.92 Å². The Labute approximate surface area is 121 Å². The van der Waals surface area contributed by atoms with Crippen LogP contribution in [0.2, 0.25) is 0 Å². The van der Waals surface area contributed by atoms with Crippen molar-refractivity contribution >= 4 is 0 Å². The molecule has 0 amide bonds. The molecule has 0 bridgehead atoms. The standard InChI is InChI=1S/C16H13N3O2/c1-10-4-2-5-11(8-10)13-15(20)18-14(19-16(13)21)12-6-3-7-17-9-12/h2-9H,1H3,(H2,18,19,20,21). The molecule has 0 saturated carbocycles. The van der Waals surface area contributed by atoms with Gasteiger partial charge in [-0.3, -0.25) is 9.78 Å². The molecule has 3 aromatic rings. The van der Waals surface area contributed by atoms with Crippen LogP contribution >= 0.6 is 0 Å². The molecule has 2 aromatic heterocycles. The van der Waals surface area contributed by atoms with Crippen molar-refractivity contribution in [3.05, 3.63) is 64.7 Å². The van der Waals surface area contributed by atoms with Crippen molar-refractivity contribution in [3.63, 3.8) is 0 Å². The maximum Gasteiger partial charge on any atom is 0.262 e. The molecule has 0 unspecified atom stereocenters. The van der Waals surface area contributed by atoms with Crippen LogP contribution < -0.4 is 5.56 Å². The topological polar surface area (TPSA) is 78.9 Å². The molecule has 0 fully saturated rings. The first-order valence-corrected chi connectivity index (χ1v) is 6.46. The third kappa shape index (κ3) is 2.53. The third-order valence-corrected chi connectivity index (χ3v) is 3.14. The van der Waals surface area contributed by atoms with Crippen molar-refractivity contribution in [2.75, 3.05) is 0 Å². The van der Waals surface area contributed by atoms with Gasteiger partial charge in [0.05, 0.1) is 0 Å². The molecule has 3 rings (SSSR count). The van der Waals surface area contributed by atoms with E-state index in [9.17, 15) is 9.90 Å². The minimum Gasteiger partial charge on any atom is -0.493 e. The summed E-state index contributed by atoms with van der Waals surface area (Å²) in [5.41, 5.74) is 2.07. The predicted octanol–water partition coefficient (Wildman–Crippen LogP) is 2.51. The molecule has 5 heteroatoms. The minimum atomic E-state index is -0.382. The molecule has 104 valence electrons. The Morgan fingerprint density at radius 1 is 1.14 bits per heavy atom. The molecule has 0 aliphatic heterocycles. The van der Waals surface area contributed by atoms with E-state index in [1.54, 1.807) is 30.6 Å². The van der Waals surface area contributed by atoms with Gasteiger partial charge < -0.3 is 10.1 Å². The Morgan fingerprint density at radius 2 is 1.95 bits per heavy atom. The van der Waals surface area contributed by atoms with Crippen molar-refractivity contribution in [1.29, 1.82) is 0 Å². The van der Waals surface area contributed by atoms with Gasteiger partial charge in [-0.15, -0.1) is 0 Å². The SMILES string of the molecule is Cc1cccc(-c2c(O)nc(-c3cccnc3)[nH]c2=O)c1. The zero-order valence-corrected chi connectivity index (χ0v) is 11.4. The van der Waals surface area contributed by atoms with Gasteiger partial charge in [-0.2, -0.15) is 4.98 Å². The average molecular weight is 279 g/mol. The summed E-state index contributed by atoms with van der Waals surface area (Å²) in [6, 6.07) is 10.8. The molecule has 0 spiro atoms. The molecule has 0 atom stereocenters. The maximum atomic E-state index is 12.3. The Morgan fingerprint density at radius 3 is 2.62 bits per heavy atom. The first-order valence-electron chi connectivity index (χ1n) is 6.46. The molecule has 5 nitrogen and oxygen atoms in total. The smallest absolute Gasteiger partial charge is 0.262 e. The van der Waals surface area contributed by atoms with Gasteiger partial charge in [0.2, 0.25) is 5.88 Å². The van der Waals surface area contributed by atoms with Crippen LogP contribution in [0.3, 0.4) is 0 Å². The number of nitrogens with zero attached hydrogens (tertiary/aromatic N) is 2. The lowest BCUT2D eigenvalue weighted by atomic mass is 10.1. The zero-order chi connectivity index (χ0) is 14.8. The van der Waals surface area contributed by atoms with Gasteiger partial charge in [-0.25, -0.2) is 0 Å². The summed E-state index contributed by atoms with van der Waals surface area (Å²) in [7, 11) is 0. The van der Waals surface area contributed by atoms with Crippen molar-refractivity contribution in [3.8, 4) is 28.4 Å². The first kappa shape index (κ1) is 13.1. The van der Waals surface area contributed by atoms with E-state index in [2.05, 4.69) is 15.0 Å². The van der Waals surface area contributed by atoms with Crippen molar-refractivity contribution in [2.24, 2.45) is 0 Å². The van der Waals surface area contributed by atoms with Gasteiger partial charge in [0.1, 0.15) is 11.4 Å². The summed E-state index contributed by atoms with van der Waals surface area (Å²) in [6.45, 7) is 1.92. The molecule has 21 heavy (non-hydrogen) atoms. The summed E-state index contributed by atoms with van der Waals surface area (Å²) in [4.78, 5) is 23.0. The van der Waals surface area contributed by atoms with Crippen LogP contribution in [0.4, 0.5) is 0 Å². The van der Waals surface area contributed by atoms with Gasteiger partial charge in [0.15, 0.2) is 0 Å². The molecule has 0 aliphatic rings. The Balaban J connectivity index is 2.16. The molecule has 0 radical (unpaired) electrons. The zero-order valence-electron chi connectivity index (χ0n) is 11.4. The number of hydrogen-bond donors (Lipinski definition) is 2. The summed E-state index contributed by atoms with van der Waals surface area (Å²) < 4.78 is 0. The van der Waals surface area contributed by atoms with E-state index in [4.69, 9.17) is 0 Å². The van der Waals surface area contributed by atoms with E-state index in [-0.39, 0.29) is 17.0 Å². The number of nitrogens with one attached hydrogen (secondary N) is 1. The van der Waals surface area contributed by atoms with Gasteiger partial charge in [-0.05, 0) is 24.6 Å². The highest BCUT2D eigenvalue weighted by Crippen LogP contribution is 2.25. The van der Waals surface area contributed by atoms with Crippen molar-refractivity contribution in [2.45, 2.75) is 6.92 Å². The predicted molar refractivity (Wildman–Crippen MR) is 79.9 cm³/mol. The first-order chi connectivity index (χ1) is 10.1. The number of aromatic amines is 1. The number of H-pyrrole nitrogens is 1. The molecule has 1 aromatic carbocycles. The van der Waals surface area contributed by atoms with Gasteiger partial charge in [0, 0.05) is 18.0 Å². The number of aromatic hydroxyl groups is 1. The van der Waals surface area contributed by atoms with E-state index in [1.807, 2.05) is 25.1 Å². The Kier molecular flexibility index (Phi) is 3.23. The fraction of sp³-hybridized carbons (Fsp3) is 0.0625. The average Bonchev–Trinajstić information content (AvgIpc) is 2.47. The summed E-state index contributed by atoms with van der Waals surface area (Å²) in [5, 5.41) is 10.1. The van der Waals surface area contributed by atoms with Crippen LogP contribution in [0.5, 0.6) is 5.88 Å². The molecular formula is C16H13N3O2. The highest BCUT2D eigenvalue weighted by atomic mass is 16.3. The number of hydrogen-bond acceptors (Lipinski definition) is 4. The second-order valence-corrected chi connectivity index (χ2v) is 4.72. The maximum absolute atomic E-state index is 12.3. The highest BCUT2D eigenvalue weighted by Gasteiger charge is 2.13. The Bertz CT molecular complexity index is 842. The van der Waals surface area contributed by atoms with Crippen LogP contribution in [0.15, 0.2) is 53.6 Å².